The van der Waals surface area contributed by atoms with Gasteiger partial charge in [0.1, 0.15) is 0 Å². The van der Waals surface area contributed by atoms with E-state index in [9.17, 15) is 19.2 Å². The predicted octanol–water partition coefficient (Wildman–Crippen LogP) is 6.97. The summed E-state index contributed by atoms with van der Waals surface area (Å²) in [5, 5.41) is 6.56. The van der Waals surface area contributed by atoms with Gasteiger partial charge in [-0.15, -0.1) is 0 Å². The van der Waals surface area contributed by atoms with Gasteiger partial charge in [-0.05, 0) is 150 Å². The number of carbonyl (C=O) groups is 4. The third kappa shape index (κ3) is 4.77. The van der Waals surface area contributed by atoms with Crippen LogP contribution in [0.2, 0.25) is 0 Å². The zero-order valence-corrected chi connectivity index (χ0v) is 31.1. The Bertz CT molecular complexity index is 1510. The van der Waals surface area contributed by atoms with Gasteiger partial charge in [-0.25, -0.2) is 0 Å². The molecule has 1 unspecified atom stereocenters. The van der Waals surface area contributed by atoms with Crippen molar-refractivity contribution in [1.29, 1.82) is 0 Å². The Morgan fingerprint density at radius 2 is 1.29 bits per heavy atom. The van der Waals surface area contributed by atoms with Gasteiger partial charge >= 0.3 is 0 Å². The molecule has 0 bridgehead atoms. The Kier molecular flexibility index (Phi) is 7.58. The van der Waals surface area contributed by atoms with Crippen LogP contribution in [0.1, 0.15) is 126 Å². The lowest BCUT2D eigenvalue weighted by atomic mass is 9.47. The number of amides is 4. The summed E-state index contributed by atoms with van der Waals surface area (Å²) in [7, 11) is 0. The zero-order valence-electron chi connectivity index (χ0n) is 31.1. The van der Waals surface area contributed by atoms with Crippen molar-refractivity contribution in [1.82, 2.24) is 15.5 Å². The molecule has 6 fully saturated rings. The second-order valence-corrected chi connectivity index (χ2v) is 20.0. The molecule has 49 heavy (non-hydrogen) atoms. The topological polar surface area (TPSA) is 95.6 Å². The quantitative estimate of drug-likeness (QED) is 0.310. The standard InChI is InChI=1S/C42H61N3O4/c1-38(2,3)44-36(48)30-12-10-26-25-9-15-33-42(7,29(25)17-20-39(26,30)4)23-19-35(47)45(33)37(49)31-13-11-27-24-8-14-32-41(6,22-18-34(46)43-32)28(24)16-21-40(27,31)5/h18-19,22-33H,8-17,20-21H2,1-7H3,(H,43,46)(H,44,48)/t24-,25-,26-,27-,28-,29-,30+,31-,32?,33+,39-,40-,41+,42+/m0/s1. The summed E-state index contributed by atoms with van der Waals surface area (Å²) in [5.74, 6) is 3.15. The molecule has 8 aliphatic rings. The molecule has 2 aliphatic heterocycles. The number of rotatable bonds is 2. The van der Waals surface area contributed by atoms with E-state index in [1.807, 2.05) is 0 Å². The molecule has 0 radical (unpaired) electrons. The van der Waals surface area contributed by atoms with Gasteiger partial charge < -0.3 is 10.6 Å². The molecule has 2 heterocycles. The average Bonchev–Trinajstić information content (AvgIpc) is 3.57. The van der Waals surface area contributed by atoms with Crippen molar-refractivity contribution in [2.24, 2.45) is 69.0 Å². The molecule has 4 amide bonds. The molecule has 0 spiro atoms. The normalized spacial score (nSPS) is 49.9. The van der Waals surface area contributed by atoms with Crippen LogP contribution in [0.4, 0.5) is 0 Å². The molecule has 0 aromatic heterocycles. The van der Waals surface area contributed by atoms with Crippen molar-refractivity contribution in [2.75, 3.05) is 0 Å². The first-order valence-corrected chi connectivity index (χ1v) is 19.9. The fraction of sp³-hybridized carbons (Fsp3) is 0.810. The van der Waals surface area contributed by atoms with Crippen molar-refractivity contribution in [2.45, 2.75) is 143 Å². The maximum Gasteiger partial charge on any atom is 0.253 e. The fourth-order valence-corrected chi connectivity index (χ4v) is 14.6. The molecule has 8 rings (SSSR count). The summed E-state index contributed by atoms with van der Waals surface area (Å²) in [6.45, 7) is 15.7. The van der Waals surface area contributed by atoms with Gasteiger partial charge in [0.25, 0.3) is 5.91 Å². The number of imide groups is 1. The minimum Gasteiger partial charge on any atom is -0.351 e. The Morgan fingerprint density at radius 1 is 0.714 bits per heavy atom. The number of fused-ring (bicyclic) bond motifs is 10. The summed E-state index contributed by atoms with van der Waals surface area (Å²) in [6, 6.07) is 0.113. The zero-order chi connectivity index (χ0) is 34.9. The first-order chi connectivity index (χ1) is 23.0. The summed E-state index contributed by atoms with van der Waals surface area (Å²) < 4.78 is 0. The number of carbonyl (C=O) groups excluding carboxylic acids is 4. The highest BCUT2D eigenvalue weighted by Crippen LogP contribution is 2.68. The Labute approximate surface area is 294 Å². The lowest BCUT2D eigenvalue weighted by Crippen LogP contribution is -2.63. The third-order valence-corrected chi connectivity index (χ3v) is 16.9. The van der Waals surface area contributed by atoms with Crippen LogP contribution in [0.3, 0.4) is 0 Å². The van der Waals surface area contributed by atoms with E-state index < -0.39 is 0 Å². The minimum absolute atomic E-state index is 0.00487. The van der Waals surface area contributed by atoms with Gasteiger partial charge in [-0.1, -0.05) is 39.8 Å². The van der Waals surface area contributed by atoms with Crippen LogP contribution in [0, 0.1) is 69.0 Å². The third-order valence-electron chi connectivity index (χ3n) is 16.9. The molecule has 14 atom stereocenters. The summed E-state index contributed by atoms with van der Waals surface area (Å²) in [6.07, 6.45) is 20.0. The van der Waals surface area contributed by atoms with E-state index in [4.69, 9.17) is 0 Å². The number of hydrogen-bond acceptors (Lipinski definition) is 4. The maximum absolute atomic E-state index is 14.9. The van der Waals surface area contributed by atoms with Crippen LogP contribution in [-0.4, -0.2) is 46.2 Å². The highest BCUT2D eigenvalue weighted by Gasteiger charge is 2.65. The predicted molar refractivity (Wildman–Crippen MR) is 189 cm³/mol. The van der Waals surface area contributed by atoms with Crippen LogP contribution in [0.15, 0.2) is 24.3 Å². The Hall–Kier alpha value is -2.44. The van der Waals surface area contributed by atoms with Crippen LogP contribution in [-0.2, 0) is 19.2 Å². The molecular weight excluding hydrogens is 610 g/mol. The monoisotopic (exact) mass is 671 g/mol. The van der Waals surface area contributed by atoms with Crippen molar-refractivity contribution < 1.29 is 19.2 Å². The van der Waals surface area contributed by atoms with Crippen molar-refractivity contribution in [3.05, 3.63) is 24.3 Å². The van der Waals surface area contributed by atoms with Crippen molar-refractivity contribution >= 4 is 23.6 Å². The summed E-state index contributed by atoms with van der Waals surface area (Å²) in [5.41, 5.74) is -0.591. The van der Waals surface area contributed by atoms with Crippen molar-refractivity contribution in [3.63, 3.8) is 0 Å². The average molecular weight is 672 g/mol. The van der Waals surface area contributed by atoms with E-state index in [1.165, 1.54) is 0 Å². The number of nitrogens with one attached hydrogen (secondary N) is 2. The Morgan fingerprint density at radius 3 is 1.94 bits per heavy atom. The van der Waals surface area contributed by atoms with Gasteiger partial charge in [-0.3, -0.25) is 24.1 Å². The molecule has 2 N–H and O–H groups in total. The summed E-state index contributed by atoms with van der Waals surface area (Å²) >= 11 is 0. The first-order valence-electron chi connectivity index (χ1n) is 19.9. The minimum atomic E-state index is -0.235. The molecule has 7 nitrogen and oxygen atoms in total. The molecule has 0 aromatic carbocycles. The first kappa shape index (κ1) is 33.7. The van der Waals surface area contributed by atoms with E-state index in [-0.39, 0.29) is 74.7 Å². The van der Waals surface area contributed by atoms with Gasteiger partial charge in [0.05, 0.1) is 0 Å². The van der Waals surface area contributed by atoms with Gasteiger partial charge in [0.2, 0.25) is 17.7 Å². The molecule has 0 aromatic rings. The van der Waals surface area contributed by atoms with Gasteiger partial charge in [0.15, 0.2) is 0 Å². The molecule has 6 saturated carbocycles. The fourth-order valence-electron chi connectivity index (χ4n) is 14.6. The van der Waals surface area contributed by atoms with Gasteiger partial charge in [-0.2, -0.15) is 0 Å². The van der Waals surface area contributed by atoms with Crippen LogP contribution >= 0.6 is 0 Å². The number of hydrogen-bond donors (Lipinski definition) is 2. The molecule has 0 saturated heterocycles. The van der Waals surface area contributed by atoms with E-state index >= 15 is 0 Å². The molecule has 268 valence electrons. The van der Waals surface area contributed by atoms with E-state index in [1.54, 1.807) is 17.1 Å². The second kappa shape index (κ2) is 11.0. The van der Waals surface area contributed by atoms with Crippen LogP contribution < -0.4 is 10.6 Å². The van der Waals surface area contributed by atoms with E-state index in [0.717, 1.165) is 77.0 Å². The maximum atomic E-state index is 14.9. The van der Waals surface area contributed by atoms with Gasteiger partial charge in [0, 0.05) is 46.4 Å². The number of nitrogens with zero attached hydrogens (tertiary/aromatic N) is 1. The van der Waals surface area contributed by atoms with Crippen LogP contribution in [0.5, 0.6) is 0 Å². The van der Waals surface area contributed by atoms with Crippen LogP contribution in [0.25, 0.3) is 0 Å². The lowest BCUT2D eigenvalue weighted by Gasteiger charge is -2.61. The van der Waals surface area contributed by atoms with Crippen molar-refractivity contribution in [3.8, 4) is 0 Å². The Balaban J connectivity index is 1.02. The van der Waals surface area contributed by atoms with E-state index in [2.05, 4.69) is 71.3 Å². The smallest absolute Gasteiger partial charge is 0.253 e. The second-order valence-electron chi connectivity index (χ2n) is 20.0. The lowest BCUT2D eigenvalue weighted by molar-refractivity contribution is -0.164. The molecule has 6 aliphatic carbocycles. The SMILES string of the molecule is CC(C)(C)NC(=O)[C@H]1CC[C@H]2[C@@H]3CC[C@H]4N(C(=O)[C@@H]5CC[C@H]6[C@@H]7CCC8NC(=O)C=C[C@]8(C)[C@H]7CC[C@]56C)C(=O)C=C[C@]4(C)[C@H]3CC[C@]12C. The largest absolute Gasteiger partial charge is 0.351 e. The van der Waals surface area contributed by atoms with E-state index in [0.29, 0.717) is 35.5 Å². The summed E-state index contributed by atoms with van der Waals surface area (Å²) in [4.78, 5) is 56.3. The highest BCUT2D eigenvalue weighted by atomic mass is 16.2. The molecule has 7 heteroatoms. The highest BCUT2D eigenvalue weighted by molar-refractivity contribution is 6.03. The molecular formula is C42H61N3O4.